The zero-order chi connectivity index (χ0) is 18.5. The first-order valence-electron chi connectivity index (χ1n) is 8.77. The van der Waals surface area contributed by atoms with Gasteiger partial charge in [-0.2, -0.15) is 0 Å². The van der Waals surface area contributed by atoms with E-state index in [2.05, 4.69) is 39.0 Å². The minimum atomic E-state index is 0. The molecule has 0 unspecified atom stereocenters. The number of aryl methyl sites for hydroxylation is 2. The fraction of sp³-hybridized carbons (Fsp3) is 0.500. The van der Waals surface area contributed by atoms with Gasteiger partial charge in [0.05, 0.1) is 17.2 Å². The highest BCUT2D eigenvalue weighted by atomic mass is 127. The van der Waals surface area contributed by atoms with Crippen molar-refractivity contribution in [2.24, 2.45) is 4.99 Å². The molecule has 0 radical (unpaired) electrons. The number of thiophene rings is 1. The van der Waals surface area contributed by atoms with Crippen molar-refractivity contribution in [1.29, 1.82) is 0 Å². The Morgan fingerprint density at radius 3 is 2.89 bits per heavy atom. The summed E-state index contributed by atoms with van der Waals surface area (Å²) in [6.07, 6.45) is 1.80. The van der Waals surface area contributed by atoms with Crippen LogP contribution in [0.5, 0.6) is 0 Å². The number of carbonyl (C=O) groups is 1. The maximum absolute atomic E-state index is 12.5. The van der Waals surface area contributed by atoms with E-state index in [1.165, 1.54) is 15.3 Å². The zero-order valence-corrected chi connectivity index (χ0v) is 19.8. The van der Waals surface area contributed by atoms with Crippen LogP contribution in [-0.2, 0) is 24.2 Å². The number of nitrogens with zero attached hydrogens (tertiary/aromatic N) is 3. The summed E-state index contributed by atoms with van der Waals surface area (Å²) in [6, 6.07) is 2.12. The van der Waals surface area contributed by atoms with Crippen molar-refractivity contribution in [1.82, 2.24) is 20.5 Å². The van der Waals surface area contributed by atoms with E-state index in [-0.39, 0.29) is 36.4 Å². The summed E-state index contributed by atoms with van der Waals surface area (Å²) < 4.78 is 0. The Bertz CT molecular complexity index is 782. The van der Waals surface area contributed by atoms with Crippen LogP contribution in [-0.4, -0.2) is 48.4 Å². The Morgan fingerprint density at radius 1 is 1.37 bits per heavy atom. The second-order valence-electron chi connectivity index (χ2n) is 6.29. The summed E-state index contributed by atoms with van der Waals surface area (Å²) in [5.41, 5.74) is 2.39. The van der Waals surface area contributed by atoms with Crippen LogP contribution in [0.2, 0.25) is 0 Å². The van der Waals surface area contributed by atoms with Gasteiger partial charge in [-0.25, -0.2) is 4.98 Å². The molecule has 0 aromatic carbocycles. The van der Waals surface area contributed by atoms with Gasteiger partial charge in [0.2, 0.25) is 5.91 Å². The predicted octanol–water partition coefficient (Wildman–Crippen LogP) is 2.73. The molecule has 2 aromatic rings. The first-order valence-corrected chi connectivity index (χ1v) is 10.5. The number of hydrogen-bond donors (Lipinski definition) is 2. The van der Waals surface area contributed by atoms with Gasteiger partial charge in [0.1, 0.15) is 0 Å². The van der Waals surface area contributed by atoms with Gasteiger partial charge < -0.3 is 15.5 Å². The topological polar surface area (TPSA) is 69.6 Å². The molecule has 0 fully saturated rings. The molecular weight excluding hydrogens is 493 g/mol. The van der Waals surface area contributed by atoms with Gasteiger partial charge in [-0.3, -0.25) is 9.79 Å². The summed E-state index contributed by atoms with van der Waals surface area (Å²) in [5.74, 6) is 0.757. The van der Waals surface area contributed by atoms with E-state index in [1.54, 1.807) is 29.7 Å². The van der Waals surface area contributed by atoms with Crippen molar-refractivity contribution in [2.75, 3.05) is 26.7 Å². The molecule has 0 saturated heterocycles. The number of aliphatic imine (C=N–C) groups is 1. The molecule has 27 heavy (non-hydrogen) atoms. The van der Waals surface area contributed by atoms with E-state index >= 15 is 0 Å². The smallest absolute Gasteiger partial charge is 0.242 e. The molecule has 0 bridgehead atoms. The zero-order valence-electron chi connectivity index (χ0n) is 15.9. The number of thiazole rings is 1. The van der Waals surface area contributed by atoms with Crippen LogP contribution in [0.25, 0.3) is 0 Å². The van der Waals surface area contributed by atoms with Gasteiger partial charge >= 0.3 is 0 Å². The third kappa shape index (κ3) is 5.89. The molecular formula is C18H26IN5OS2. The number of nitrogens with one attached hydrogen (secondary N) is 2. The van der Waals surface area contributed by atoms with E-state index in [4.69, 9.17) is 0 Å². The lowest BCUT2D eigenvalue weighted by Crippen LogP contribution is -2.46. The first kappa shape index (κ1) is 22.1. The summed E-state index contributed by atoms with van der Waals surface area (Å²) in [5, 5.41) is 9.60. The van der Waals surface area contributed by atoms with Gasteiger partial charge in [0.25, 0.3) is 0 Å². The Hall–Kier alpha value is -1.20. The van der Waals surface area contributed by atoms with Gasteiger partial charge in [-0.15, -0.1) is 46.7 Å². The van der Waals surface area contributed by atoms with E-state index < -0.39 is 0 Å². The third-order valence-corrected chi connectivity index (χ3v) is 6.65. The molecule has 1 aliphatic heterocycles. The molecule has 1 amide bonds. The summed E-state index contributed by atoms with van der Waals surface area (Å²) >= 11 is 3.52. The Balaban J connectivity index is 0.00000261. The van der Waals surface area contributed by atoms with E-state index in [0.29, 0.717) is 12.5 Å². The summed E-state index contributed by atoms with van der Waals surface area (Å²) in [4.78, 5) is 25.8. The summed E-state index contributed by atoms with van der Waals surface area (Å²) in [6.45, 7) is 6.64. The van der Waals surface area contributed by atoms with Gasteiger partial charge in [-0.05, 0) is 37.3 Å². The standard InChI is InChI=1S/C18H25N5OS2.HI/c1-12-13(2)26-16(22-12)4-7-20-18(19-3)21-10-17(24)23-8-5-15-14(11-23)6-9-25-15;/h6,9H,4-5,7-8,10-11H2,1-3H3,(H2,19,20,21);1H. The van der Waals surface area contributed by atoms with Crippen molar-refractivity contribution in [3.05, 3.63) is 37.5 Å². The normalized spacial score (nSPS) is 13.7. The largest absolute Gasteiger partial charge is 0.356 e. The van der Waals surface area contributed by atoms with Crippen molar-refractivity contribution in [3.8, 4) is 0 Å². The van der Waals surface area contributed by atoms with Crippen molar-refractivity contribution >= 4 is 58.5 Å². The van der Waals surface area contributed by atoms with Gasteiger partial charge in [-0.1, -0.05) is 0 Å². The lowest BCUT2D eigenvalue weighted by atomic mass is 10.1. The molecule has 3 rings (SSSR count). The Kier molecular flexibility index (Phi) is 8.49. The average molecular weight is 519 g/mol. The molecule has 3 heterocycles. The van der Waals surface area contributed by atoms with Crippen LogP contribution in [0.3, 0.4) is 0 Å². The lowest BCUT2D eigenvalue weighted by molar-refractivity contribution is -0.130. The highest BCUT2D eigenvalue weighted by Gasteiger charge is 2.21. The van der Waals surface area contributed by atoms with Gasteiger partial charge in [0.15, 0.2) is 5.96 Å². The molecule has 0 saturated carbocycles. The minimum absolute atomic E-state index is 0. The molecule has 9 heteroatoms. The van der Waals surface area contributed by atoms with Gasteiger partial charge in [0, 0.05) is 42.9 Å². The number of rotatable bonds is 5. The van der Waals surface area contributed by atoms with E-state index in [0.717, 1.165) is 36.6 Å². The van der Waals surface area contributed by atoms with Crippen molar-refractivity contribution in [2.45, 2.75) is 33.2 Å². The van der Waals surface area contributed by atoms with E-state index in [9.17, 15) is 4.79 Å². The minimum Gasteiger partial charge on any atom is -0.356 e. The molecule has 0 atom stereocenters. The highest BCUT2D eigenvalue weighted by Crippen LogP contribution is 2.23. The Labute approximate surface area is 185 Å². The van der Waals surface area contributed by atoms with Crippen LogP contribution in [0.1, 0.15) is 26.0 Å². The molecule has 0 spiro atoms. The molecule has 148 valence electrons. The van der Waals surface area contributed by atoms with Crippen LogP contribution in [0.15, 0.2) is 16.4 Å². The number of carbonyl (C=O) groups excluding carboxylic acids is 1. The fourth-order valence-corrected chi connectivity index (χ4v) is 4.71. The molecule has 2 aromatic heterocycles. The number of halogens is 1. The number of fused-ring (bicyclic) bond motifs is 1. The lowest BCUT2D eigenvalue weighted by Gasteiger charge is -2.27. The number of aromatic nitrogens is 1. The summed E-state index contributed by atoms with van der Waals surface area (Å²) in [7, 11) is 1.72. The number of hydrogen-bond acceptors (Lipinski definition) is 5. The van der Waals surface area contributed by atoms with E-state index in [1.807, 2.05) is 11.8 Å². The number of amides is 1. The Morgan fingerprint density at radius 2 is 2.19 bits per heavy atom. The molecule has 0 aliphatic carbocycles. The second-order valence-corrected chi connectivity index (χ2v) is 8.57. The van der Waals surface area contributed by atoms with Crippen LogP contribution < -0.4 is 10.6 Å². The second kappa shape index (κ2) is 10.4. The van der Waals surface area contributed by atoms with Crippen LogP contribution in [0.4, 0.5) is 0 Å². The molecule has 2 N–H and O–H groups in total. The molecule has 6 nitrogen and oxygen atoms in total. The third-order valence-electron chi connectivity index (χ3n) is 4.50. The maximum Gasteiger partial charge on any atom is 0.242 e. The maximum atomic E-state index is 12.5. The fourth-order valence-electron chi connectivity index (χ4n) is 2.89. The SMILES string of the molecule is CN=C(NCCc1nc(C)c(C)s1)NCC(=O)N1CCc2sccc2C1.I. The van der Waals surface area contributed by atoms with Crippen LogP contribution >= 0.6 is 46.7 Å². The quantitative estimate of drug-likeness (QED) is 0.362. The molecule has 1 aliphatic rings. The monoisotopic (exact) mass is 519 g/mol. The van der Waals surface area contributed by atoms with Crippen LogP contribution in [0, 0.1) is 13.8 Å². The number of guanidine groups is 1. The first-order chi connectivity index (χ1) is 12.6. The highest BCUT2D eigenvalue weighted by molar-refractivity contribution is 14.0. The average Bonchev–Trinajstić information content (AvgIpc) is 3.23. The van der Waals surface area contributed by atoms with Crippen molar-refractivity contribution in [3.63, 3.8) is 0 Å². The van der Waals surface area contributed by atoms with Crippen molar-refractivity contribution < 1.29 is 4.79 Å². The predicted molar refractivity (Wildman–Crippen MR) is 124 cm³/mol.